The van der Waals surface area contributed by atoms with Gasteiger partial charge in [-0.1, -0.05) is 47.5 Å². The smallest absolute Gasteiger partial charge is 0.170 e. The van der Waals surface area contributed by atoms with Crippen molar-refractivity contribution in [1.29, 1.82) is 0 Å². The quantitative estimate of drug-likeness (QED) is 0.244. The van der Waals surface area contributed by atoms with E-state index < -0.39 is 7.36 Å². The first-order valence-electron chi connectivity index (χ1n) is 12.5. The van der Waals surface area contributed by atoms with Gasteiger partial charge in [0.1, 0.15) is 17.3 Å². The fraction of sp³-hybridized carbons (Fsp3) is 0.214. The Morgan fingerprint density at radius 3 is 2.26 bits per heavy atom. The van der Waals surface area contributed by atoms with Gasteiger partial charge in [-0.15, -0.1) is 0 Å². The number of fused-ring (bicyclic) bond motifs is 1. The van der Waals surface area contributed by atoms with E-state index in [1.54, 1.807) is 24.3 Å². The number of aromatic nitrogens is 2. The third-order valence-electron chi connectivity index (χ3n) is 6.90. The number of hydrogen-bond donors (Lipinski definition) is 0. The number of nitrogens with zero attached hydrogens (tertiary/aromatic N) is 6. The average molecular weight is 583 g/mol. The van der Waals surface area contributed by atoms with Crippen LogP contribution in [0.15, 0.2) is 82.5 Å². The lowest BCUT2D eigenvalue weighted by Gasteiger charge is -2.46. The van der Waals surface area contributed by atoms with E-state index in [0.717, 1.165) is 22.2 Å². The topological polar surface area (TPSA) is 58.3 Å². The molecule has 0 N–H and O–H groups in total. The van der Waals surface area contributed by atoms with Crippen molar-refractivity contribution in [2.75, 3.05) is 33.4 Å². The van der Waals surface area contributed by atoms with Crippen LogP contribution < -0.4 is 5.30 Å². The summed E-state index contributed by atoms with van der Waals surface area (Å²) >= 11 is 13.4. The zero-order valence-electron chi connectivity index (χ0n) is 21.4. The Hall–Kier alpha value is -3.00. The molecule has 1 saturated heterocycles. The van der Waals surface area contributed by atoms with Gasteiger partial charge < -0.3 is 9.41 Å². The summed E-state index contributed by atoms with van der Waals surface area (Å²) in [6, 6.07) is 21.7. The number of hydrogen-bond acceptors (Lipinski definition) is 4. The SMILES string of the molecule is Cc1nn(-c2ccccc2)c2c1[P@@](=Nc1c(Cl)cccc1Cl)(N1CCOCC1)N(C)C(c1ccc(F)cc1)=N2. The maximum atomic E-state index is 14.0. The Morgan fingerprint density at radius 1 is 0.923 bits per heavy atom. The van der Waals surface area contributed by atoms with Gasteiger partial charge in [-0.2, -0.15) is 5.10 Å². The standard InChI is InChI=1S/C28H26Cl2FN6OP/c1-19-26-28(37(33-19)22-7-4-3-5-8-22)32-27(20-11-13-21(31)14-12-20)35(2)39(26,36-15-17-38-18-16-36)34-25-23(29)9-6-10-24(25)30/h3-14H,15-18H2,1-2H3/t39-/m0/s1. The van der Waals surface area contributed by atoms with Gasteiger partial charge >= 0.3 is 0 Å². The fourth-order valence-corrected chi connectivity index (χ4v) is 9.54. The molecule has 3 aromatic carbocycles. The highest BCUT2D eigenvalue weighted by Crippen LogP contribution is 2.62. The van der Waals surface area contributed by atoms with E-state index >= 15 is 0 Å². The van der Waals surface area contributed by atoms with Crippen LogP contribution in [0, 0.1) is 12.7 Å². The van der Waals surface area contributed by atoms with Gasteiger partial charge in [-0.05, 0) is 55.5 Å². The number of amidine groups is 1. The molecule has 0 bridgehead atoms. The number of benzene rings is 3. The Balaban J connectivity index is 1.73. The summed E-state index contributed by atoms with van der Waals surface area (Å²) in [5.41, 5.74) is 2.98. The first-order valence-corrected chi connectivity index (χ1v) is 14.9. The first kappa shape index (κ1) is 26.2. The van der Waals surface area contributed by atoms with Crippen molar-refractivity contribution in [3.63, 3.8) is 0 Å². The number of aliphatic imine (C=N–C) groups is 1. The molecular formula is C28H26Cl2FN6OP. The number of aryl methyl sites for hydroxylation is 1. The third-order valence-corrected chi connectivity index (χ3v) is 11.3. The summed E-state index contributed by atoms with van der Waals surface area (Å²) in [7, 11) is -0.870. The molecule has 11 heteroatoms. The summed E-state index contributed by atoms with van der Waals surface area (Å²) in [5, 5.41) is 6.84. The number of morpholine rings is 1. The van der Waals surface area contributed by atoms with Crippen LogP contribution in [0.25, 0.3) is 5.69 Å². The van der Waals surface area contributed by atoms with Crippen molar-refractivity contribution < 1.29 is 9.13 Å². The lowest BCUT2D eigenvalue weighted by molar-refractivity contribution is 0.0732. The van der Waals surface area contributed by atoms with Crippen molar-refractivity contribution in [2.24, 2.45) is 9.74 Å². The molecule has 39 heavy (non-hydrogen) atoms. The van der Waals surface area contributed by atoms with Crippen molar-refractivity contribution in [3.8, 4) is 5.69 Å². The van der Waals surface area contributed by atoms with Crippen LogP contribution in [0.2, 0.25) is 10.0 Å². The molecule has 1 aromatic heterocycles. The largest absolute Gasteiger partial charge is 0.379 e. The molecule has 0 saturated carbocycles. The molecule has 0 aliphatic carbocycles. The van der Waals surface area contributed by atoms with Crippen LogP contribution in [-0.4, -0.2) is 58.3 Å². The minimum absolute atomic E-state index is 0.314. The third kappa shape index (κ3) is 4.50. The molecule has 2 aliphatic heterocycles. The lowest BCUT2D eigenvalue weighted by atomic mass is 10.2. The molecule has 7 nitrogen and oxygen atoms in total. The molecule has 0 spiro atoms. The van der Waals surface area contributed by atoms with Crippen LogP contribution in [0.1, 0.15) is 11.3 Å². The Kier molecular flexibility index (Phi) is 7.08. The van der Waals surface area contributed by atoms with Crippen molar-refractivity contribution in [3.05, 3.63) is 99.9 Å². The van der Waals surface area contributed by atoms with E-state index in [-0.39, 0.29) is 5.82 Å². The second kappa shape index (κ2) is 10.5. The Morgan fingerprint density at radius 2 is 1.59 bits per heavy atom. The predicted molar refractivity (Wildman–Crippen MR) is 156 cm³/mol. The van der Waals surface area contributed by atoms with E-state index in [4.69, 9.17) is 42.8 Å². The normalized spacial score (nSPS) is 19.5. The number of ether oxygens (including phenoxy) is 1. The van der Waals surface area contributed by atoms with Gasteiger partial charge in [0.25, 0.3) is 0 Å². The molecule has 1 fully saturated rings. The number of halogens is 3. The number of para-hydroxylation sites is 1. The second-order valence-corrected chi connectivity index (χ2v) is 13.0. The van der Waals surface area contributed by atoms with Gasteiger partial charge in [0.05, 0.1) is 39.9 Å². The molecule has 200 valence electrons. The van der Waals surface area contributed by atoms with Crippen LogP contribution in [0.5, 0.6) is 0 Å². The zero-order chi connectivity index (χ0) is 27.1. The summed E-state index contributed by atoms with van der Waals surface area (Å²) in [4.78, 5) is 5.16. The second-order valence-electron chi connectivity index (χ2n) is 9.28. The van der Waals surface area contributed by atoms with Gasteiger partial charge in [-0.3, -0.25) is 0 Å². The molecule has 0 unspecified atom stereocenters. The Labute approximate surface area is 236 Å². The summed E-state index contributed by atoms with van der Waals surface area (Å²) in [6.07, 6.45) is 0. The molecule has 1 atom stereocenters. The highest BCUT2D eigenvalue weighted by atomic mass is 35.5. The monoisotopic (exact) mass is 582 g/mol. The highest BCUT2D eigenvalue weighted by molar-refractivity contribution is 7.70. The molecule has 3 heterocycles. The lowest BCUT2D eigenvalue weighted by Crippen LogP contribution is -2.45. The molecule has 2 aliphatic rings. The zero-order valence-corrected chi connectivity index (χ0v) is 23.8. The Bertz CT molecular complexity index is 1600. The predicted octanol–water partition coefficient (Wildman–Crippen LogP) is 6.97. The van der Waals surface area contributed by atoms with E-state index in [1.165, 1.54) is 12.1 Å². The van der Waals surface area contributed by atoms with Crippen LogP contribution in [0.3, 0.4) is 0 Å². The molecule has 0 amide bonds. The van der Waals surface area contributed by atoms with Gasteiger partial charge in [0.15, 0.2) is 13.2 Å². The van der Waals surface area contributed by atoms with E-state index in [2.05, 4.69) is 9.34 Å². The van der Waals surface area contributed by atoms with Crippen molar-refractivity contribution >= 4 is 53.2 Å². The number of rotatable bonds is 4. The molecule has 4 aromatic rings. The maximum absolute atomic E-state index is 14.0. The highest BCUT2D eigenvalue weighted by Gasteiger charge is 2.45. The fourth-order valence-electron chi connectivity index (χ4n) is 5.08. The van der Waals surface area contributed by atoms with E-state index in [9.17, 15) is 4.39 Å². The van der Waals surface area contributed by atoms with Crippen LogP contribution in [0.4, 0.5) is 15.9 Å². The van der Waals surface area contributed by atoms with Crippen LogP contribution in [-0.2, 0) is 4.74 Å². The minimum Gasteiger partial charge on any atom is -0.379 e. The van der Waals surface area contributed by atoms with Crippen molar-refractivity contribution in [1.82, 2.24) is 19.1 Å². The van der Waals surface area contributed by atoms with E-state index in [1.807, 2.05) is 55.1 Å². The summed E-state index contributed by atoms with van der Waals surface area (Å²) < 4.78 is 31.6. The average Bonchev–Trinajstić information content (AvgIpc) is 3.29. The molecule has 6 rings (SSSR count). The molecular weight excluding hydrogens is 557 g/mol. The van der Waals surface area contributed by atoms with Gasteiger partial charge in [0, 0.05) is 25.7 Å². The summed E-state index contributed by atoms with van der Waals surface area (Å²) in [6.45, 7) is 4.41. The minimum atomic E-state index is -2.86. The maximum Gasteiger partial charge on any atom is 0.170 e. The van der Waals surface area contributed by atoms with Gasteiger partial charge in [-0.25, -0.2) is 23.5 Å². The first-order chi connectivity index (χ1) is 18.9. The van der Waals surface area contributed by atoms with Crippen LogP contribution >= 0.6 is 30.6 Å². The van der Waals surface area contributed by atoms with E-state index in [0.29, 0.717) is 53.7 Å². The summed E-state index contributed by atoms with van der Waals surface area (Å²) in [5.74, 6) is 1.03. The van der Waals surface area contributed by atoms with Crippen molar-refractivity contribution in [2.45, 2.75) is 6.92 Å². The molecule has 0 radical (unpaired) electrons. The van der Waals surface area contributed by atoms with Gasteiger partial charge in [0.2, 0.25) is 0 Å².